The Hall–Kier alpha value is -1.16. The Bertz CT molecular complexity index is 353. The molecule has 0 unspecified atom stereocenters. The molecule has 0 aromatic carbocycles. The van der Waals surface area contributed by atoms with Crippen molar-refractivity contribution in [3.8, 4) is 0 Å². The number of carbonyl (C=O) groups excluding carboxylic acids is 1. The van der Waals surface area contributed by atoms with E-state index in [0.29, 0.717) is 10.8 Å². The summed E-state index contributed by atoms with van der Waals surface area (Å²) < 4.78 is 0. The molecule has 0 saturated heterocycles. The number of hydrogen-bond donors (Lipinski definition) is 1. The van der Waals surface area contributed by atoms with E-state index < -0.39 is 0 Å². The zero-order chi connectivity index (χ0) is 11.2. The molecule has 86 valence electrons. The SMILES string of the molecule is O=C(NN=CC1CCCCC1)c1cccs1. The molecule has 4 heteroatoms. The summed E-state index contributed by atoms with van der Waals surface area (Å²) in [5.74, 6) is 0.444. The maximum absolute atomic E-state index is 11.5. The molecule has 0 radical (unpaired) electrons. The van der Waals surface area contributed by atoms with E-state index in [1.807, 2.05) is 17.7 Å². The van der Waals surface area contributed by atoms with Gasteiger partial charge in [0.2, 0.25) is 0 Å². The van der Waals surface area contributed by atoms with Crippen LogP contribution in [0.4, 0.5) is 0 Å². The first-order valence-electron chi connectivity index (χ1n) is 5.73. The van der Waals surface area contributed by atoms with Gasteiger partial charge in [0.25, 0.3) is 5.91 Å². The Labute approximate surface area is 99.6 Å². The third-order valence-electron chi connectivity index (χ3n) is 2.85. The van der Waals surface area contributed by atoms with Crippen molar-refractivity contribution in [1.29, 1.82) is 0 Å². The van der Waals surface area contributed by atoms with Gasteiger partial charge in [-0.1, -0.05) is 25.3 Å². The zero-order valence-corrected chi connectivity index (χ0v) is 10.0. The van der Waals surface area contributed by atoms with Crippen LogP contribution in [0.2, 0.25) is 0 Å². The van der Waals surface area contributed by atoms with Crippen LogP contribution in [-0.2, 0) is 0 Å². The molecule has 0 bridgehead atoms. The van der Waals surface area contributed by atoms with Gasteiger partial charge in [0, 0.05) is 6.21 Å². The summed E-state index contributed by atoms with van der Waals surface area (Å²) in [6.45, 7) is 0. The Morgan fingerprint density at radius 2 is 2.25 bits per heavy atom. The number of hydrogen-bond acceptors (Lipinski definition) is 3. The lowest BCUT2D eigenvalue weighted by Crippen LogP contribution is -2.18. The van der Waals surface area contributed by atoms with Crippen molar-refractivity contribution in [2.24, 2.45) is 11.0 Å². The Morgan fingerprint density at radius 3 is 2.94 bits per heavy atom. The quantitative estimate of drug-likeness (QED) is 0.636. The molecule has 1 amide bonds. The molecule has 1 aliphatic rings. The lowest BCUT2D eigenvalue weighted by molar-refractivity contribution is 0.0959. The monoisotopic (exact) mass is 236 g/mol. The zero-order valence-electron chi connectivity index (χ0n) is 9.19. The first-order valence-corrected chi connectivity index (χ1v) is 6.61. The fraction of sp³-hybridized carbons (Fsp3) is 0.500. The van der Waals surface area contributed by atoms with Crippen molar-refractivity contribution >= 4 is 23.5 Å². The summed E-state index contributed by atoms with van der Waals surface area (Å²) in [7, 11) is 0. The number of thiophene rings is 1. The Balaban J connectivity index is 1.78. The molecular weight excluding hydrogens is 220 g/mol. The van der Waals surface area contributed by atoms with E-state index in [1.54, 1.807) is 6.07 Å². The predicted octanol–water partition coefficient (Wildman–Crippen LogP) is 3.04. The van der Waals surface area contributed by atoms with Crippen molar-refractivity contribution in [3.05, 3.63) is 22.4 Å². The first kappa shape index (κ1) is 11.3. The van der Waals surface area contributed by atoms with E-state index >= 15 is 0 Å². The third-order valence-corrected chi connectivity index (χ3v) is 3.71. The summed E-state index contributed by atoms with van der Waals surface area (Å²) in [6, 6.07) is 3.67. The second-order valence-corrected chi connectivity index (χ2v) is 5.04. The molecule has 2 rings (SSSR count). The number of nitrogens with one attached hydrogen (secondary N) is 1. The van der Waals surface area contributed by atoms with Gasteiger partial charge in [0.05, 0.1) is 4.88 Å². The summed E-state index contributed by atoms with van der Waals surface area (Å²) >= 11 is 1.43. The molecule has 16 heavy (non-hydrogen) atoms. The highest BCUT2D eigenvalue weighted by molar-refractivity contribution is 7.12. The fourth-order valence-corrected chi connectivity index (χ4v) is 2.56. The summed E-state index contributed by atoms with van der Waals surface area (Å²) in [6.07, 6.45) is 8.22. The van der Waals surface area contributed by atoms with Crippen molar-refractivity contribution < 1.29 is 4.79 Å². The average Bonchev–Trinajstić information content (AvgIpc) is 2.84. The van der Waals surface area contributed by atoms with Gasteiger partial charge in [0.1, 0.15) is 0 Å². The van der Waals surface area contributed by atoms with Gasteiger partial charge in [-0.2, -0.15) is 5.10 Å². The van der Waals surface area contributed by atoms with Crippen LogP contribution in [0.1, 0.15) is 41.8 Å². The molecule has 0 atom stereocenters. The topological polar surface area (TPSA) is 41.5 Å². The number of nitrogens with zero attached hydrogens (tertiary/aromatic N) is 1. The number of carbonyl (C=O) groups is 1. The van der Waals surface area contributed by atoms with Gasteiger partial charge >= 0.3 is 0 Å². The maximum Gasteiger partial charge on any atom is 0.281 e. The second kappa shape index (κ2) is 5.80. The van der Waals surface area contributed by atoms with Crippen LogP contribution in [0, 0.1) is 5.92 Å². The molecule has 3 nitrogen and oxygen atoms in total. The van der Waals surface area contributed by atoms with Crippen LogP contribution < -0.4 is 5.43 Å². The molecule has 1 aliphatic carbocycles. The normalized spacial score (nSPS) is 17.8. The fourth-order valence-electron chi connectivity index (χ4n) is 1.95. The van der Waals surface area contributed by atoms with Crippen LogP contribution in [0.3, 0.4) is 0 Å². The Kier molecular flexibility index (Phi) is 4.10. The van der Waals surface area contributed by atoms with E-state index in [2.05, 4.69) is 10.5 Å². The van der Waals surface area contributed by atoms with E-state index in [-0.39, 0.29) is 5.91 Å². The highest BCUT2D eigenvalue weighted by Gasteiger charge is 2.11. The highest BCUT2D eigenvalue weighted by Crippen LogP contribution is 2.21. The van der Waals surface area contributed by atoms with Crippen LogP contribution in [0.25, 0.3) is 0 Å². The highest BCUT2D eigenvalue weighted by atomic mass is 32.1. The first-order chi connectivity index (χ1) is 7.86. The van der Waals surface area contributed by atoms with Crippen molar-refractivity contribution in [3.63, 3.8) is 0 Å². The molecule has 1 fully saturated rings. The van der Waals surface area contributed by atoms with Gasteiger partial charge in [0.15, 0.2) is 0 Å². The molecule has 1 aromatic rings. The van der Waals surface area contributed by atoms with Gasteiger partial charge in [-0.3, -0.25) is 4.79 Å². The number of amides is 1. The van der Waals surface area contributed by atoms with E-state index in [4.69, 9.17) is 0 Å². The predicted molar refractivity (Wildman–Crippen MR) is 66.9 cm³/mol. The minimum absolute atomic E-state index is 0.109. The van der Waals surface area contributed by atoms with Gasteiger partial charge in [-0.15, -0.1) is 11.3 Å². The number of hydrazone groups is 1. The van der Waals surface area contributed by atoms with E-state index in [1.165, 1.54) is 43.4 Å². The van der Waals surface area contributed by atoms with Crippen LogP contribution in [0.5, 0.6) is 0 Å². The lowest BCUT2D eigenvalue weighted by atomic mass is 9.90. The molecule has 0 spiro atoms. The van der Waals surface area contributed by atoms with Crippen LogP contribution in [0.15, 0.2) is 22.6 Å². The smallest absolute Gasteiger partial charge is 0.266 e. The summed E-state index contributed by atoms with van der Waals surface area (Å²) in [4.78, 5) is 12.2. The molecular formula is C12H16N2OS. The summed E-state index contributed by atoms with van der Waals surface area (Å²) in [5.41, 5.74) is 2.57. The van der Waals surface area contributed by atoms with Crippen molar-refractivity contribution in [2.45, 2.75) is 32.1 Å². The summed E-state index contributed by atoms with van der Waals surface area (Å²) in [5, 5.41) is 5.92. The van der Waals surface area contributed by atoms with Gasteiger partial charge in [-0.05, 0) is 30.2 Å². The Morgan fingerprint density at radius 1 is 1.44 bits per heavy atom. The second-order valence-electron chi connectivity index (χ2n) is 4.09. The number of rotatable bonds is 3. The molecule has 1 aromatic heterocycles. The molecule has 1 N–H and O–H groups in total. The van der Waals surface area contributed by atoms with Crippen molar-refractivity contribution in [2.75, 3.05) is 0 Å². The van der Waals surface area contributed by atoms with Crippen LogP contribution >= 0.6 is 11.3 Å². The van der Waals surface area contributed by atoms with Crippen LogP contribution in [-0.4, -0.2) is 12.1 Å². The molecule has 1 heterocycles. The lowest BCUT2D eigenvalue weighted by Gasteiger charge is -2.16. The largest absolute Gasteiger partial charge is 0.281 e. The average molecular weight is 236 g/mol. The van der Waals surface area contributed by atoms with E-state index in [0.717, 1.165) is 0 Å². The minimum Gasteiger partial charge on any atom is -0.266 e. The third kappa shape index (κ3) is 3.17. The van der Waals surface area contributed by atoms with Crippen molar-refractivity contribution in [1.82, 2.24) is 5.43 Å². The van der Waals surface area contributed by atoms with Gasteiger partial charge in [-0.25, -0.2) is 5.43 Å². The molecule has 1 saturated carbocycles. The molecule has 0 aliphatic heterocycles. The standard InChI is InChI=1S/C12H16N2OS/c15-12(11-7-4-8-16-11)14-13-9-10-5-2-1-3-6-10/h4,7-10H,1-3,5-6H2,(H,14,15). The van der Waals surface area contributed by atoms with E-state index in [9.17, 15) is 4.79 Å². The maximum atomic E-state index is 11.5. The van der Waals surface area contributed by atoms with Gasteiger partial charge < -0.3 is 0 Å². The minimum atomic E-state index is -0.109.